The Morgan fingerprint density at radius 3 is 2.69 bits per heavy atom. The molecule has 0 fully saturated rings. The van der Waals surface area contributed by atoms with Crippen LogP contribution in [0.2, 0.25) is 0 Å². The number of nitrogens with zero attached hydrogens (tertiary/aromatic N) is 2. The predicted octanol–water partition coefficient (Wildman–Crippen LogP) is 3.15. The molecular weight excluding hydrogens is 373 g/mol. The number of hydrogen-bond donors (Lipinski definition) is 1. The molecule has 0 spiro atoms. The lowest BCUT2D eigenvalue weighted by Gasteiger charge is -2.09. The van der Waals surface area contributed by atoms with E-state index in [-0.39, 0.29) is 23.7 Å². The summed E-state index contributed by atoms with van der Waals surface area (Å²) >= 11 is 0. The Hall–Kier alpha value is -3.48. The molecule has 0 aliphatic heterocycles. The van der Waals surface area contributed by atoms with E-state index in [4.69, 9.17) is 4.74 Å². The number of hydrogen-bond acceptors (Lipinski definition) is 4. The van der Waals surface area contributed by atoms with E-state index in [0.717, 1.165) is 11.1 Å². The minimum absolute atomic E-state index is 0.133. The number of rotatable bonds is 8. The molecule has 3 rings (SSSR count). The largest absolute Gasteiger partial charge is 0.497 e. The maximum Gasteiger partial charge on any atom is 0.266 e. The average molecular weight is 395 g/mol. The lowest BCUT2D eigenvalue weighted by molar-refractivity contribution is -0.121. The molecule has 0 bridgehead atoms. The summed E-state index contributed by atoms with van der Waals surface area (Å²) in [7, 11) is 1.59. The number of ether oxygens (including phenoxy) is 1. The van der Waals surface area contributed by atoms with Gasteiger partial charge in [0.15, 0.2) is 0 Å². The molecule has 0 saturated heterocycles. The van der Waals surface area contributed by atoms with Crippen LogP contribution >= 0.6 is 0 Å². The van der Waals surface area contributed by atoms with Crippen LogP contribution in [0.1, 0.15) is 18.4 Å². The summed E-state index contributed by atoms with van der Waals surface area (Å²) < 4.78 is 19.5. The molecule has 2 aromatic carbocycles. The normalized spacial score (nSPS) is 10.6. The molecule has 0 saturated carbocycles. The third kappa shape index (κ3) is 5.75. The second-order valence-corrected chi connectivity index (χ2v) is 6.52. The second-order valence-electron chi connectivity index (χ2n) is 6.52. The molecule has 3 aromatic rings. The van der Waals surface area contributed by atoms with Crippen LogP contribution < -0.4 is 15.6 Å². The van der Waals surface area contributed by atoms with E-state index in [0.29, 0.717) is 31.0 Å². The van der Waals surface area contributed by atoms with Gasteiger partial charge in [0.1, 0.15) is 11.6 Å². The second kappa shape index (κ2) is 9.64. The number of halogens is 1. The SMILES string of the molecule is COc1cccc(-c2ccc(=O)n(CCCC(=O)NCc3ccc(F)cc3)n2)c1. The maximum absolute atomic E-state index is 12.9. The molecule has 0 aliphatic carbocycles. The number of aromatic nitrogens is 2. The molecule has 0 radical (unpaired) electrons. The van der Waals surface area contributed by atoms with Gasteiger partial charge >= 0.3 is 0 Å². The number of amides is 1. The third-order valence-electron chi connectivity index (χ3n) is 4.41. The molecule has 1 amide bonds. The van der Waals surface area contributed by atoms with E-state index in [1.165, 1.54) is 22.9 Å². The first kappa shape index (κ1) is 20.3. The van der Waals surface area contributed by atoms with Crippen molar-refractivity contribution in [3.63, 3.8) is 0 Å². The van der Waals surface area contributed by atoms with Gasteiger partial charge in [0.05, 0.1) is 12.8 Å². The molecule has 1 aromatic heterocycles. The van der Waals surface area contributed by atoms with Gasteiger partial charge in [0.25, 0.3) is 5.56 Å². The van der Waals surface area contributed by atoms with E-state index in [2.05, 4.69) is 10.4 Å². The van der Waals surface area contributed by atoms with Crippen LogP contribution in [0.5, 0.6) is 5.75 Å². The Kier molecular flexibility index (Phi) is 6.73. The minimum Gasteiger partial charge on any atom is -0.497 e. The van der Waals surface area contributed by atoms with Gasteiger partial charge < -0.3 is 10.1 Å². The van der Waals surface area contributed by atoms with Gasteiger partial charge in [-0.2, -0.15) is 5.10 Å². The Morgan fingerprint density at radius 2 is 1.93 bits per heavy atom. The van der Waals surface area contributed by atoms with Crippen molar-refractivity contribution in [1.82, 2.24) is 15.1 Å². The first-order valence-electron chi connectivity index (χ1n) is 9.29. The van der Waals surface area contributed by atoms with Gasteiger partial charge in [-0.3, -0.25) is 9.59 Å². The first-order chi connectivity index (χ1) is 14.0. The van der Waals surface area contributed by atoms with Crippen LogP contribution in [-0.2, 0) is 17.9 Å². The zero-order valence-corrected chi connectivity index (χ0v) is 16.1. The van der Waals surface area contributed by atoms with Crippen molar-refractivity contribution in [3.8, 4) is 17.0 Å². The molecule has 0 aliphatic rings. The van der Waals surface area contributed by atoms with Crippen LogP contribution in [-0.4, -0.2) is 22.8 Å². The molecule has 6 nitrogen and oxygen atoms in total. The molecule has 1 N–H and O–H groups in total. The Labute approximate surface area is 168 Å². The van der Waals surface area contributed by atoms with Gasteiger partial charge in [0.2, 0.25) is 5.91 Å². The average Bonchev–Trinajstić information content (AvgIpc) is 2.74. The maximum atomic E-state index is 12.9. The van der Waals surface area contributed by atoms with Gasteiger partial charge in [-0.1, -0.05) is 24.3 Å². The number of nitrogens with one attached hydrogen (secondary N) is 1. The highest BCUT2D eigenvalue weighted by molar-refractivity contribution is 5.75. The topological polar surface area (TPSA) is 73.2 Å². The Balaban J connectivity index is 1.55. The monoisotopic (exact) mass is 395 g/mol. The van der Waals surface area contributed by atoms with Crippen molar-refractivity contribution in [1.29, 1.82) is 0 Å². The van der Waals surface area contributed by atoms with Crippen LogP contribution in [0, 0.1) is 5.82 Å². The van der Waals surface area contributed by atoms with Crippen molar-refractivity contribution in [2.75, 3.05) is 7.11 Å². The lowest BCUT2D eigenvalue weighted by atomic mass is 10.1. The van der Waals surface area contributed by atoms with Crippen LogP contribution in [0.4, 0.5) is 4.39 Å². The number of aryl methyl sites for hydroxylation is 1. The Morgan fingerprint density at radius 1 is 1.14 bits per heavy atom. The van der Waals surface area contributed by atoms with Crippen molar-refractivity contribution < 1.29 is 13.9 Å². The standard InChI is InChI=1S/C22H22FN3O3/c1-29-19-5-2-4-17(14-19)20-11-12-22(28)26(25-20)13-3-6-21(27)24-15-16-7-9-18(23)10-8-16/h2,4-5,7-12,14H,3,6,13,15H2,1H3,(H,24,27). The summed E-state index contributed by atoms with van der Waals surface area (Å²) in [6.07, 6.45) is 0.739. The molecule has 1 heterocycles. The Bertz CT molecular complexity index is 1030. The quantitative estimate of drug-likeness (QED) is 0.636. The zero-order valence-electron chi connectivity index (χ0n) is 16.1. The van der Waals surface area contributed by atoms with E-state index in [1.807, 2.05) is 24.3 Å². The van der Waals surface area contributed by atoms with Crippen molar-refractivity contribution in [2.45, 2.75) is 25.9 Å². The molecule has 29 heavy (non-hydrogen) atoms. The highest BCUT2D eigenvalue weighted by Gasteiger charge is 2.07. The van der Waals surface area contributed by atoms with Gasteiger partial charge in [-0.25, -0.2) is 9.07 Å². The smallest absolute Gasteiger partial charge is 0.266 e. The molecule has 0 unspecified atom stereocenters. The van der Waals surface area contributed by atoms with Gasteiger partial charge in [0, 0.05) is 31.1 Å². The van der Waals surface area contributed by atoms with E-state index in [9.17, 15) is 14.0 Å². The molecular formula is C22H22FN3O3. The fourth-order valence-electron chi connectivity index (χ4n) is 2.83. The van der Waals surface area contributed by atoms with E-state index in [1.54, 1.807) is 25.3 Å². The first-order valence-corrected chi connectivity index (χ1v) is 9.29. The lowest BCUT2D eigenvalue weighted by Crippen LogP contribution is -2.25. The van der Waals surface area contributed by atoms with Crippen LogP contribution in [0.3, 0.4) is 0 Å². The summed E-state index contributed by atoms with van der Waals surface area (Å²) in [5.41, 5.74) is 2.10. The van der Waals surface area contributed by atoms with Crippen LogP contribution in [0.25, 0.3) is 11.3 Å². The van der Waals surface area contributed by atoms with E-state index < -0.39 is 0 Å². The molecule has 150 valence electrons. The minimum atomic E-state index is -0.311. The predicted molar refractivity (Wildman–Crippen MR) is 108 cm³/mol. The summed E-state index contributed by atoms with van der Waals surface area (Å²) in [6, 6.07) is 16.5. The number of methoxy groups -OCH3 is 1. The number of carbonyl (C=O) groups is 1. The highest BCUT2D eigenvalue weighted by atomic mass is 19.1. The van der Waals surface area contributed by atoms with Crippen molar-refractivity contribution >= 4 is 5.91 Å². The zero-order chi connectivity index (χ0) is 20.6. The number of carbonyl (C=O) groups excluding carboxylic acids is 1. The summed E-state index contributed by atoms with van der Waals surface area (Å²) in [4.78, 5) is 24.1. The van der Waals surface area contributed by atoms with Crippen LogP contribution in [0.15, 0.2) is 65.5 Å². The molecule has 0 atom stereocenters. The fourth-order valence-corrected chi connectivity index (χ4v) is 2.83. The fraction of sp³-hybridized carbons (Fsp3) is 0.227. The summed E-state index contributed by atoms with van der Waals surface area (Å²) in [6.45, 7) is 0.670. The van der Waals surface area contributed by atoms with Crippen molar-refractivity contribution in [3.05, 3.63) is 82.4 Å². The highest BCUT2D eigenvalue weighted by Crippen LogP contribution is 2.21. The third-order valence-corrected chi connectivity index (χ3v) is 4.41. The number of benzene rings is 2. The summed E-state index contributed by atoms with van der Waals surface area (Å²) in [5, 5.41) is 7.18. The molecule has 7 heteroatoms. The van der Waals surface area contributed by atoms with Gasteiger partial charge in [-0.05, 0) is 42.3 Å². The van der Waals surface area contributed by atoms with Gasteiger partial charge in [-0.15, -0.1) is 0 Å². The van der Waals surface area contributed by atoms with Crippen molar-refractivity contribution in [2.24, 2.45) is 0 Å². The summed E-state index contributed by atoms with van der Waals surface area (Å²) in [5.74, 6) is 0.264. The van der Waals surface area contributed by atoms with E-state index >= 15 is 0 Å².